The maximum absolute atomic E-state index is 13.3. The lowest BCUT2D eigenvalue weighted by Gasteiger charge is -2.27. The minimum Gasteiger partial charge on any atom is -0.361 e. The van der Waals surface area contributed by atoms with E-state index in [9.17, 15) is 9.59 Å². The third kappa shape index (κ3) is 4.97. The van der Waals surface area contributed by atoms with E-state index in [1.54, 1.807) is 12.3 Å². The molecule has 4 aromatic rings. The van der Waals surface area contributed by atoms with Gasteiger partial charge in [-0.2, -0.15) is 0 Å². The lowest BCUT2D eigenvalue weighted by molar-refractivity contribution is -0.118. The van der Waals surface area contributed by atoms with Crippen LogP contribution in [0.2, 0.25) is 0 Å². The molecular weight excluding hydrogens is 446 g/mol. The van der Waals surface area contributed by atoms with Crippen LogP contribution in [0.1, 0.15) is 34.5 Å². The molecule has 1 fully saturated rings. The highest BCUT2D eigenvalue weighted by molar-refractivity contribution is 7.12. The number of rotatable bonds is 7. The van der Waals surface area contributed by atoms with Crippen LogP contribution in [0.15, 0.2) is 66.3 Å². The van der Waals surface area contributed by atoms with E-state index in [1.807, 2.05) is 54.0 Å². The van der Waals surface area contributed by atoms with Crippen molar-refractivity contribution in [3.63, 3.8) is 0 Å². The number of amides is 2. The highest BCUT2D eigenvalue weighted by Crippen LogP contribution is 2.21. The summed E-state index contributed by atoms with van der Waals surface area (Å²) in [4.78, 5) is 36.7. The van der Waals surface area contributed by atoms with Crippen LogP contribution in [0.25, 0.3) is 10.9 Å². The van der Waals surface area contributed by atoms with Gasteiger partial charge >= 0.3 is 0 Å². The zero-order chi connectivity index (χ0) is 23.3. The van der Waals surface area contributed by atoms with Gasteiger partial charge in [0.2, 0.25) is 5.91 Å². The molecule has 3 N–H and O–H groups in total. The Balaban J connectivity index is 1.33. The van der Waals surface area contributed by atoms with Gasteiger partial charge in [0.05, 0.1) is 16.8 Å². The van der Waals surface area contributed by atoms with Crippen molar-refractivity contribution in [3.05, 3.63) is 76.7 Å². The number of nitrogens with zero attached hydrogens (tertiary/aromatic N) is 2. The molecular formula is C26H27N5O2S. The van der Waals surface area contributed by atoms with Crippen LogP contribution < -0.4 is 15.5 Å². The van der Waals surface area contributed by atoms with Crippen LogP contribution in [-0.2, 0) is 11.2 Å². The molecule has 3 aromatic heterocycles. The van der Waals surface area contributed by atoms with Gasteiger partial charge in [-0.25, -0.2) is 4.98 Å². The smallest absolute Gasteiger partial charge is 0.262 e. The van der Waals surface area contributed by atoms with Gasteiger partial charge in [-0.3, -0.25) is 9.59 Å². The number of hydrogen-bond donors (Lipinski definition) is 3. The quantitative estimate of drug-likeness (QED) is 0.366. The molecule has 1 aromatic carbocycles. The summed E-state index contributed by atoms with van der Waals surface area (Å²) < 4.78 is 0. The topological polar surface area (TPSA) is 90.1 Å². The monoisotopic (exact) mass is 473 g/mol. The Labute approximate surface area is 202 Å². The van der Waals surface area contributed by atoms with Crippen molar-refractivity contribution in [2.24, 2.45) is 0 Å². The van der Waals surface area contributed by atoms with Gasteiger partial charge in [0.25, 0.3) is 5.91 Å². The normalized spacial score (nSPS) is 14.6. The summed E-state index contributed by atoms with van der Waals surface area (Å²) in [6.45, 7) is 2.03. The number of piperidine rings is 1. The van der Waals surface area contributed by atoms with E-state index in [1.165, 1.54) is 30.6 Å². The van der Waals surface area contributed by atoms with Gasteiger partial charge in [0.1, 0.15) is 11.9 Å². The number of aromatic nitrogens is 2. The lowest BCUT2D eigenvalue weighted by Crippen LogP contribution is -2.45. The SMILES string of the molecule is O=C(NC(Cc1c[nH]c2ccccc12)C(=O)Nc1ccc(N2CCCCC2)nc1)c1cccs1. The van der Waals surface area contributed by atoms with E-state index in [2.05, 4.69) is 25.5 Å². The van der Waals surface area contributed by atoms with E-state index in [4.69, 9.17) is 0 Å². The minimum absolute atomic E-state index is 0.256. The predicted octanol–water partition coefficient (Wildman–Crippen LogP) is 4.59. The van der Waals surface area contributed by atoms with Crippen molar-refractivity contribution in [1.29, 1.82) is 0 Å². The number of anilines is 2. The molecule has 1 unspecified atom stereocenters. The minimum atomic E-state index is -0.740. The number of para-hydroxylation sites is 1. The number of fused-ring (bicyclic) bond motifs is 1. The Morgan fingerprint density at radius 1 is 1.06 bits per heavy atom. The standard InChI is InChI=1S/C26H27N5O2S/c32-25(29-19-10-11-24(28-17-19)31-12-4-1-5-13-31)22(30-26(33)23-9-6-14-34-23)15-18-16-27-21-8-3-2-7-20(18)21/h2-3,6-11,14,16-17,22,27H,1,4-5,12-13,15H2,(H,29,32)(H,30,33). The summed E-state index contributed by atoms with van der Waals surface area (Å²) in [6.07, 6.45) is 7.58. The van der Waals surface area contributed by atoms with Crippen molar-refractivity contribution in [2.75, 3.05) is 23.3 Å². The zero-order valence-electron chi connectivity index (χ0n) is 18.8. The first-order chi connectivity index (χ1) is 16.7. The van der Waals surface area contributed by atoms with Crippen molar-refractivity contribution in [3.8, 4) is 0 Å². The predicted molar refractivity (Wildman–Crippen MR) is 137 cm³/mol. The van der Waals surface area contributed by atoms with E-state index in [0.717, 1.165) is 35.4 Å². The van der Waals surface area contributed by atoms with Gasteiger partial charge in [-0.15, -0.1) is 11.3 Å². The third-order valence-electron chi connectivity index (χ3n) is 6.16. The van der Waals surface area contributed by atoms with Gasteiger partial charge in [-0.1, -0.05) is 24.3 Å². The van der Waals surface area contributed by atoms with E-state index >= 15 is 0 Å². The average molecular weight is 474 g/mol. The summed E-state index contributed by atoms with van der Waals surface area (Å²) in [7, 11) is 0. The van der Waals surface area contributed by atoms with Crippen molar-refractivity contribution >= 4 is 45.6 Å². The Kier molecular flexibility index (Phi) is 6.58. The molecule has 34 heavy (non-hydrogen) atoms. The fourth-order valence-corrected chi connectivity index (χ4v) is 4.99. The van der Waals surface area contributed by atoms with Gasteiger partial charge < -0.3 is 20.5 Å². The van der Waals surface area contributed by atoms with E-state index < -0.39 is 6.04 Å². The Morgan fingerprint density at radius 2 is 1.91 bits per heavy atom. The number of carbonyl (C=O) groups excluding carboxylic acids is 2. The number of carbonyl (C=O) groups is 2. The first-order valence-corrected chi connectivity index (χ1v) is 12.5. The molecule has 7 nitrogen and oxygen atoms in total. The molecule has 0 spiro atoms. The second-order valence-corrected chi connectivity index (χ2v) is 9.46. The first kappa shape index (κ1) is 22.2. The molecule has 8 heteroatoms. The number of hydrogen-bond acceptors (Lipinski definition) is 5. The van der Waals surface area contributed by atoms with Crippen molar-refractivity contribution in [2.45, 2.75) is 31.7 Å². The molecule has 0 radical (unpaired) electrons. The summed E-state index contributed by atoms with van der Waals surface area (Å²) >= 11 is 1.35. The average Bonchev–Trinajstić information content (AvgIpc) is 3.55. The second-order valence-electron chi connectivity index (χ2n) is 8.51. The second kappa shape index (κ2) is 10.1. The van der Waals surface area contributed by atoms with Crippen molar-refractivity contribution < 1.29 is 9.59 Å². The number of benzene rings is 1. The fourth-order valence-electron chi connectivity index (χ4n) is 4.37. The maximum Gasteiger partial charge on any atom is 0.262 e. The van der Waals surface area contributed by atoms with Crippen LogP contribution in [0.5, 0.6) is 0 Å². The first-order valence-electron chi connectivity index (χ1n) is 11.6. The molecule has 1 atom stereocenters. The Hall–Kier alpha value is -3.65. The molecule has 0 bridgehead atoms. The summed E-state index contributed by atoms with van der Waals surface area (Å²) in [6, 6.07) is 14.6. The van der Waals surface area contributed by atoms with Crippen LogP contribution in [-0.4, -0.2) is 40.9 Å². The zero-order valence-corrected chi connectivity index (χ0v) is 19.6. The van der Waals surface area contributed by atoms with Crippen LogP contribution in [0, 0.1) is 0 Å². The number of aromatic amines is 1. The maximum atomic E-state index is 13.3. The number of nitrogens with one attached hydrogen (secondary N) is 3. The molecule has 0 aliphatic carbocycles. The molecule has 174 valence electrons. The van der Waals surface area contributed by atoms with Gasteiger partial charge in [0, 0.05) is 36.6 Å². The van der Waals surface area contributed by atoms with Gasteiger partial charge in [0.15, 0.2) is 0 Å². The lowest BCUT2D eigenvalue weighted by atomic mass is 10.0. The molecule has 4 heterocycles. The largest absolute Gasteiger partial charge is 0.361 e. The number of pyridine rings is 1. The molecule has 1 aliphatic heterocycles. The van der Waals surface area contributed by atoms with E-state index in [0.29, 0.717) is 17.0 Å². The van der Waals surface area contributed by atoms with E-state index in [-0.39, 0.29) is 11.8 Å². The van der Waals surface area contributed by atoms with Crippen LogP contribution >= 0.6 is 11.3 Å². The van der Waals surface area contributed by atoms with Crippen LogP contribution in [0.4, 0.5) is 11.5 Å². The number of thiophene rings is 1. The van der Waals surface area contributed by atoms with Crippen molar-refractivity contribution in [1.82, 2.24) is 15.3 Å². The summed E-state index contributed by atoms with van der Waals surface area (Å²) in [5, 5.41) is 8.75. The van der Waals surface area contributed by atoms with Crippen LogP contribution in [0.3, 0.4) is 0 Å². The molecule has 2 amide bonds. The van der Waals surface area contributed by atoms with Gasteiger partial charge in [-0.05, 0) is 54.5 Å². The summed E-state index contributed by atoms with van der Waals surface area (Å²) in [5.74, 6) is 0.398. The third-order valence-corrected chi connectivity index (χ3v) is 7.03. The Bertz CT molecular complexity index is 1260. The molecule has 1 saturated heterocycles. The Morgan fingerprint density at radius 3 is 2.68 bits per heavy atom. The molecule has 0 saturated carbocycles. The fraction of sp³-hybridized carbons (Fsp3) is 0.269. The number of H-pyrrole nitrogens is 1. The molecule has 5 rings (SSSR count). The molecule has 1 aliphatic rings. The highest BCUT2D eigenvalue weighted by Gasteiger charge is 2.24. The summed E-state index contributed by atoms with van der Waals surface area (Å²) in [5.41, 5.74) is 2.58. The highest BCUT2D eigenvalue weighted by atomic mass is 32.1.